The van der Waals surface area contributed by atoms with Gasteiger partial charge in [-0.3, -0.25) is 0 Å². The number of H-pyrrole nitrogens is 1. The molecule has 0 saturated heterocycles. The first-order valence-corrected chi connectivity index (χ1v) is 7.55. The fraction of sp³-hybridized carbons (Fsp3) is 0.417. The van der Waals surface area contributed by atoms with Gasteiger partial charge in [0.05, 0.1) is 16.1 Å². The molecule has 0 radical (unpaired) electrons. The van der Waals surface area contributed by atoms with Crippen molar-refractivity contribution >= 4 is 46.6 Å². The largest absolute Gasteiger partial charge is 0.331 e. The summed E-state index contributed by atoms with van der Waals surface area (Å²) in [7, 11) is 0. The normalized spacial score (nSPS) is 13.1. The lowest BCUT2D eigenvalue weighted by Gasteiger charge is -2.14. The number of nitrogens with zero attached hydrogens (tertiary/aromatic N) is 1. The van der Waals surface area contributed by atoms with Gasteiger partial charge in [0.15, 0.2) is 4.77 Å². The van der Waals surface area contributed by atoms with Crippen LogP contribution in [-0.4, -0.2) is 21.1 Å². The molecule has 1 unspecified atom stereocenters. The SMILES string of the molecule is CCSCC(C)n1c(=S)[nH]c2cccc(Cl)c21. The van der Waals surface area contributed by atoms with E-state index in [1.807, 2.05) is 30.0 Å². The number of rotatable bonds is 4. The number of hydrogen-bond donors (Lipinski definition) is 1. The Bertz CT molecular complexity index is 573. The first kappa shape index (κ1) is 13.0. The molecule has 2 rings (SSSR count). The molecule has 1 aromatic carbocycles. The highest BCUT2D eigenvalue weighted by atomic mass is 35.5. The zero-order valence-electron chi connectivity index (χ0n) is 9.87. The number of para-hydroxylation sites is 1. The van der Waals surface area contributed by atoms with Crippen LogP contribution < -0.4 is 0 Å². The summed E-state index contributed by atoms with van der Waals surface area (Å²) in [6.45, 7) is 4.34. The zero-order valence-corrected chi connectivity index (χ0v) is 12.3. The minimum absolute atomic E-state index is 0.348. The summed E-state index contributed by atoms with van der Waals surface area (Å²) in [5, 5.41) is 0.753. The maximum Gasteiger partial charge on any atom is 0.178 e. The molecule has 92 valence electrons. The van der Waals surface area contributed by atoms with Gasteiger partial charge >= 0.3 is 0 Å². The monoisotopic (exact) mass is 286 g/mol. The second-order valence-corrected chi connectivity index (χ2v) is 6.06. The Morgan fingerprint density at radius 2 is 2.29 bits per heavy atom. The Hall–Kier alpha value is -0.450. The molecule has 0 aliphatic heterocycles. The van der Waals surface area contributed by atoms with E-state index in [1.54, 1.807) is 0 Å². The van der Waals surface area contributed by atoms with Crippen LogP contribution in [0.5, 0.6) is 0 Å². The molecule has 1 N–H and O–H groups in total. The molecule has 0 fully saturated rings. The van der Waals surface area contributed by atoms with Crippen LogP contribution in [0.3, 0.4) is 0 Å². The summed E-state index contributed by atoms with van der Waals surface area (Å²) in [4.78, 5) is 3.21. The van der Waals surface area contributed by atoms with Gasteiger partial charge in [0.1, 0.15) is 0 Å². The number of nitrogens with one attached hydrogen (secondary N) is 1. The van der Waals surface area contributed by atoms with E-state index in [1.165, 1.54) is 0 Å². The average molecular weight is 287 g/mol. The highest BCUT2D eigenvalue weighted by Crippen LogP contribution is 2.27. The third-order valence-corrected chi connectivity index (χ3v) is 4.42. The summed E-state index contributed by atoms with van der Waals surface area (Å²) in [6.07, 6.45) is 0. The molecule has 2 aromatic rings. The second kappa shape index (κ2) is 5.46. The molecule has 0 aliphatic carbocycles. The van der Waals surface area contributed by atoms with Crippen LogP contribution in [0.25, 0.3) is 11.0 Å². The van der Waals surface area contributed by atoms with Gasteiger partial charge in [0, 0.05) is 11.8 Å². The van der Waals surface area contributed by atoms with E-state index in [-0.39, 0.29) is 0 Å². The molecule has 5 heteroatoms. The highest BCUT2D eigenvalue weighted by Gasteiger charge is 2.13. The van der Waals surface area contributed by atoms with Gasteiger partial charge in [-0.15, -0.1) is 0 Å². The van der Waals surface area contributed by atoms with Crippen molar-refractivity contribution in [2.24, 2.45) is 0 Å². The molecule has 0 saturated carbocycles. The lowest BCUT2D eigenvalue weighted by atomic mass is 10.3. The van der Waals surface area contributed by atoms with Crippen LogP contribution in [0.2, 0.25) is 5.02 Å². The molecular formula is C12H15ClN2S2. The highest BCUT2D eigenvalue weighted by molar-refractivity contribution is 7.99. The topological polar surface area (TPSA) is 20.7 Å². The maximum absolute atomic E-state index is 6.26. The van der Waals surface area contributed by atoms with Crippen molar-refractivity contribution in [1.29, 1.82) is 0 Å². The van der Waals surface area contributed by atoms with Crippen molar-refractivity contribution in [2.75, 3.05) is 11.5 Å². The van der Waals surface area contributed by atoms with Crippen LogP contribution in [-0.2, 0) is 0 Å². The fourth-order valence-electron chi connectivity index (χ4n) is 1.92. The molecule has 0 spiro atoms. The molecule has 0 bridgehead atoms. The average Bonchev–Trinajstić information content (AvgIpc) is 2.64. The van der Waals surface area contributed by atoms with Crippen molar-refractivity contribution < 1.29 is 0 Å². The van der Waals surface area contributed by atoms with Crippen molar-refractivity contribution in [3.05, 3.63) is 28.0 Å². The van der Waals surface area contributed by atoms with E-state index >= 15 is 0 Å². The standard InChI is InChI=1S/C12H15ClN2S2/c1-3-17-7-8(2)15-11-9(13)5-4-6-10(11)14-12(15)16/h4-6,8H,3,7H2,1-2H3,(H,14,16). The number of halogens is 1. The number of hydrogen-bond acceptors (Lipinski definition) is 2. The van der Waals surface area contributed by atoms with Gasteiger partial charge < -0.3 is 9.55 Å². The summed E-state index contributed by atoms with van der Waals surface area (Å²) in [5.74, 6) is 2.16. The zero-order chi connectivity index (χ0) is 12.4. The molecule has 2 nitrogen and oxygen atoms in total. The third-order valence-electron chi connectivity index (χ3n) is 2.69. The Labute approximate surface area is 115 Å². The van der Waals surface area contributed by atoms with Crippen molar-refractivity contribution in [3.63, 3.8) is 0 Å². The molecular weight excluding hydrogens is 272 g/mol. The number of benzene rings is 1. The van der Waals surface area contributed by atoms with Crippen LogP contribution in [0.1, 0.15) is 19.9 Å². The minimum Gasteiger partial charge on any atom is -0.331 e. The molecule has 0 aliphatic rings. The van der Waals surface area contributed by atoms with E-state index < -0.39 is 0 Å². The summed E-state index contributed by atoms with van der Waals surface area (Å²) >= 11 is 13.6. The van der Waals surface area contributed by atoms with Crippen molar-refractivity contribution in [3.8, 4) is 0 Å². The smallest absolute Gasteiger partial charge is 0.178 e. The van der Waals surface area contributed by atoms with E-state index in [9.17, 15) is 0 Å². The minimum atomic E-state index is 0.348. The predicted octanol–water partition coefficient (Wildman–Crippen LogP) is 4.67. The first-order chi connectivity index (χ1) is 8.15. The van der Waals surface area contributed by atoms with Crippen molar-refractivity contribution in [1.82, 2.24) is 9.55 Å². The Morgan fingerprint density at radius 1 is 1.53 bits per heavy atom. The van der Waals surface area contributed by atoms with Gasteiger partial charge in [-0.2, -0.15) is 11.8 Å². The van der Waals surface area contributed by atoms with Gasteiger partial charge in [-0.05, 0) is 37.0 Å². The van der Waals surface area contributed by atoms with Crippen LogP contribution in [0, 0.1) is 4.77 Å². The summed E-state index contributed by atoms with van der Waals surface area (Å²) < 4.78 is 2.87. The number of aromatic amines is 1. The van der Waals surface area contributed by atoms with Crippen molar-refractivity contribution in [2.45, 2.75) is 19.9 Å². The molecule has 1 heterocycles. The first-order valence-electron chi connectivity index (χ1n) is 5.61. The van der Waals surface area contributed by atoms with Gasteiger partial charge in [-0.1, -0.05) is 24.6 Å². The number of aromatic nitrogens is 2. The Kier molecular flexibility index (Phi) is 4.17. The third kappa shape index (κ3) is 2.54. The van der Waals surface area contributed by atoms with Crippen LogP contribution in [0.15, 0.2) is 18.2 Å². The van der Waals surface area contributed by atoms with Crippen LogP contribution >= 0.6 is 35.6 Å². The fourth-order valence-corrected chi connectivity index (χ4v) is 3.29. The lowest BCUT2D eigenvalue weighted by molar-refractivity contribution is 0.619. The molecule has 1 atom stereocenters. The predicted molar refractivity (Wildman–Crippen MR) is 79.8 cm³/mol. The molecule has 17 heavy (non-hydrogen) atoms. The molecule has 1 aromatic heterocycles. The van der Waals surface area contributed by atoms with Gasteiger partial charge in [-0.25, -0.2) is 0 Å². The van der Waals surface area contributed by atoms with E-state index in [0.29, 0.717) is 6.04 Å². The van der Waals surface area contributed by atoms with Gasteiger partial charge in [0.25, 0.3) is 0 Å². The Balaban J connectivity index is 2.52. The van der Waals surface area contributed by atoms with E-state index in [0.717, 1.165) is 32.3 Å². The van der Waals surface area contributed by atoms with Crippen LogP contribution in [0.4, 0.5) is 0 Å². The summed E-state index contributed by atoms with van der Waals surface area (Å²) in [6, 6.07) is 6.20. The second-order valence-electron chi connectivity index (χ2n) is 3.94. The number of thioether (sulfide) groups is 1. The van der Waals surface area contributed by atoms with E-state index in [2.05, 4.69) is 23.4 Å². The quantitative estimate of drug-likeness (QED) is 0.825. The Morgan fingerprint density at radius 3 is 3.00 bits per heavy atom. The summed E-state index contributed by atoms with van der Waals surface area (Å²) in [5.41, 5.74) is 2.03. The lowest BCUT2D eigenvalue weighted by Crippen LogP contribution is -2.08. The maximum atomic E-state index is 6.26. The van der Waals surface area contributed by atoms with Gasteiger partial charge in [0.2, 0.25) is 0 Å². The van der Waals surface area contributed by atoms with E-state index in [4.69, 9.17) is 23.8 Å². The number of imidazole rings is 1. The number of fused-ring (bicyclic) bond motifs is 1. The molecule has 0 amide bonds.